The van der Waals surface area contributed by atoms with Crippen molar-refractivity contribution in [2.75, 3.05) is 7.11 Å². The molecule has 0 unspecified atom stereocenters. The van der Waals surface area contributed by atoms with Crippen LogP contribution in [0.3, 0.4) is 0 Å². The highest BCUT2D eigenvalue weighted by atomic mass is 16.5. The third-order valence-electron chi connectivity index (χ3n) is 5.10. The molecule has 0 aliphatic heterocycles. The summed E-state index contributed by atoms with van der Waals surface area (Å²) in [4.78, 5) is 12.2. The first kappa shape index (κ1) is 21.1. The molecular formula is C27H24N2O3. The van der Waals surface area contributed by atoms with Gasteiger partial charge >= 0.3 is 0 Å². The number of benzene rings is 4. The van der Waals surface area contributed by atoms with Gasteiger partial charge in [-0.15, -0.1) is 0 Å². The van der Waals surface area contributed by atoms with Crippen LogP contribution in [0.5, 0.6) is 11.5 Å². The molecule has 0 fully saturated rings. The lowest BCUT2D eigenvalue weighted by molar-refractivity contribution is -0.120. The van der Waals surface area contributed by atoms with Crippen LogP contribution in [0.1, 0.15) is 16.7 Å². The molecule has 0 radical (unpaired) electrons. The van der Waals surface area contributed by atoms with Crippen LogP contribution >= 0.6 is 0 Å². The van der Waals surface area contributed by atoms with Crippen LogP contribution in [0.4, 0.5) is 0 Å². The number of ether oxygens (including phenoxy) is 2. The van der Waals surface area contributed by atoms with E-state index in [0.29, 0.717) is 12.4 Å². The molecule has 1 N–H and O–H groups in total. The van der Waals surface area contributed by atoms with Gasteiger partial charge in [-0.3, -0.25) is 4.79 Å². The molecule has 5 nitrogen and oxygen atoms in total. The molecule has 0 heterocycles. The Balaban J connectivity index is 1.38. The summed E-state index contributed by atoms with van der Waals surface area (Å²) in [5, 5.41) is 6.46. The summed E-state index contributed by atoms with van der Waals surface area (Å²) in [7, 11) is 1.61. The molecule has 0 atom stereocenters. The van der Waals surface area contributed by atoms with Crippen molar-refractivity contribution in [3.63, 3.8) is 0 Å². The normalized spacial score (nSPS) is 10.9. The van der Waals surface area contributed by atoms with Crippen molar-refractivity contribution < 1.29 is 14.3 Å². The molecule has 0 aromatic heterocycles. The monoisotopic (exact) mass is 424 g/mol. The Hall–Kier alpha value is -4.12. The second kappa shape index (κ2) is 10.3. The lowest BCUT2D eigenvalue weighted by Crippen LogP contribution is -2.19. The van der Waals surface area contributed by atoms with Gasteiger partial charge in [0.05, 0.1) is 19.7 Å². The first-order valence-electron chi connectivity index (χ1n) is 10.4. The van der Waals surface area contributed by atoms with Crippen molar-refractivity contribution in [3.05, 3.63) is 108 Å². The Bertz CT molecular complexity index is 1230. The van der Waals surface area contributed by atoms with E-state index >= 15 is 0 Å². The molecule has 0 spiro atoms. The van der Waals surface area contributed by atoms with E-state index < -0.39 is 0 Å². The average molecular weight is 425 g/mol. The summed E-state index contributed by atoms with van der Waals surface area (Å²) in [6, 6.07) is 29.4. The molecule has 32 heavy (non-hydrogen) atoms. The van der Waals surface area contributed by atoms with Crippen molar-refractivity contribution >= 4 is 22.9 Å². The van der Waals surface area contributed by atoms with Crippen LogP contribution in [0.2, 0.25) is 0 Å². The Morgan fingerprint density at radius 1 is 0.906 bits per heavy atom. The number of nitrogens with zero attached hydrogens (tertiary/aromatic N) is 1. The summed E-state index contributed by atoms with van der Waals surface area (Å²) < 4.78 is 11.2. The highest BCUT2D eigenvalue weighted by Crippen LogP contribution is 2.22. The molecule has 4 rings (SSSR count). The third-order valence-corrected chi connectivity index (χ3v) is 5.10. The molecule has 0 aliphatic carbocycles. The zero-order valence-electron chi connectivity index (χ0n) is 17.8. The highest BCUT2D eigenvalue weighted by molar-refractivity contribution is 5.86. The van der Waals surface area contributed by atoms with E-state index in [1.54, 1.807) is 13.3 Å². The molecule has 5 heteroatoms. The van der Waals surface area contributed by atoms with Crippen molar-refractivity contribution in [1.82, 2.24) is 5.43 Å². The number of fused-ring (bicyclic) bond motifs is 1. The Labute approximate surface area is 187 Å². The van der Waals surface area contributed by atoms with Gasteiger partial charge in [0.2, 0.25) is 5.91 Å². The van der Waals surface area contributed by atoms with Crippen LogP contribution in [0.15, 0.2) is 96.1 Å². The van der Waals surface area contributed by atoms with Gasteiger partial charge in [0, 0.05) is 5.56 Å². The topological polar surface area (TPSA) is 59.9 Å². The second-order valence-electron chi connectivity index (χ2n) is 7.28. The van der Waals surface area contributed by atoms with E-state index in [1.807, 2.05) is 66.7 Å². The lowest BCUT2D eigenvalue weighted by Gasteiger charge is -2.11. The smallest absolute Gasteiger partial charge is 0.244 e. The van der Waals surface area contributed by atoms with E-state index in [1.165, 1.54) is 10.8 Å². The predicted molar refractivity (Wildman–Crippen MR) is 127 cm³/mol. The molecule has 0 saturated heterocycles. The fourth-order valence-electron chi connectivity index (χ4n) is 3.43. The van der Waals surface area contributed by atoms with Gasteiger partial charge in [0.25, 0.3) is 0 Å². The lowest BCUT2D eigenvalue weighted by atomic mass is 10.1. The quantitative estimate of drug-likeness (QED) is 0.315. The third kappa shape index (κ3) is 5.32. The van der Waals surface area contributed by atoms with E-state index in [-0.39, 0.29) is 12.3 Å². The zero-order chi connectivity index (χ0) is 22.2. The minimum absolute atomic E-state index is 0.194. The molecule has 0 saturated carbocycles. The molecule has 0 aliphatic rings. The van der Waals surface area contributed by atoms with Gasteiger partial charge in [-0.1, -0.05) is 66.7 Å². The number of hydrogen-bond donors (Lipinski definition) is 1. The number of nitrogens with one attached hydrogen (secondary N) is 1. The number of amides is 1. The fourth-order valence-corrected chi connectivity index (χ4v) is 3.43. The van der Waals surface area contributed by atoms with E-state index in [2.05, 4.69) is 34.8 Å². The Morgan fingerprint density at radius 2 is 1.66 bits per heavy atom. The standard InChI is InChI=1S/C27H24N2O3/c1-31-24-15-13-20(14-16-24)17-27(30)29-28-18-22-8-3-5-12-26(22)32-19-23-10-6-9-21-7-2-4-11-25(21)23/h2-16,18H,17,19H2,1H3,(H,29,30)/b28-18-. The maximum absolute atomic E-state index is 12.2. The Kier molecular flexibility index (Phi) is 6.78. The maximum atomic E-state index is 12.2. The minimum atomic E-state index is -0.194. The van der Waals surface area contributed by atoms with E-state index in [0.717, 1.165) is 22.4 Å². The van der Waals surface area contributed by atoms with E-state index in [9.17, 15) is 4.79 Å². The van der Waals surface area contributed by atoms with Crippen molar-refractivity contribution in [2.24, 2.45) is 5.10 Å². The largest absolute Gasteiger partial charge is 0.497 e. The van der Waals surface area contributed by atoms with Gasteiger partial charge in [-0.25, -0.2) is 5.43 Å². The maximum Gasteiger partial charge on any atom is 0.244 e. The Morgan fingerprint density at radius 3 is 2.50 bits per heavy atom. The van der Waals surface area contributed by atoms with Crippen LogP contribution in [0.25, 0.3) is 10.8 Å². The second-order valence-corrected chi connectivity index (χ2v) is 7.28. The summed E-state index contributed by atoms with van der Waals surface area (Å²) in [5.41, 5.74) is 5.37. The first-order chi connectivity index (χ1) is 15.7. The molecule has 160 valence electrons. The molecule has 1 amide bonds. The van der Waals surface area contributed by atoms with Crippen LogP contribution < -0.4 is 14.9 Å². The number of carbonyl (C=O) groups excluding carboxylic acids is 1. The molecule has 4 aromatic rings. The van der Waals surface area contributed by atoms with Crippen molar-refractivity contribution in [1.29, 1.82) is 0 Å². The van der Waals surface area contributed by atoms with Crippen molar-refractivity contribution in [2.45, 2.75) is 13.0 Å². The minimum Gasteiger partial charge on any atom is -0.497 e. The molecule has 0 bridgehead atoms. The summed E-state index contributed by atoms with van der Waals surface area (Å²) in [6.45, 7) is 0.441. The van der Waals surface area contributed by atoms with Gasteiger partial charge < -0.3 is 9.47 Å². The summed E-state index contributed by atoms with van der Waals surface area (Å²) in [6.07, 6.45) is 1.84. The predicted octanol–water partition coefficient (Wildman–Crippen LogP) is 5.12. The number of hydrogen-bond acceptors (Lipinski definition) is 4. The fraction of sp³-hybridized carbons (Fsp3) is 0.111. The molecular weight excluding hydrogens is 400 g/mol. The number of rotatable bonds is 8. The van der Waals surface area contributed by atoms with Gasteiger partial charge in [0.15, 0.2) is 0 Å². The van der Waals surface area contributed by atoms with Crippen LogP contribution in [-0.2, 0) is 17.8 Å². The SMILES string of the molecule is COc1ccc(CC(=O)N/N=C\c2ccccc2OCc2cccc3ccccc23)cc1. The summed E-state index contributed by atoms with van der Waals surface area (Å²) in [5.74, 6) is 1.27. The van der Waals surface area contributed by atoms with Gasteiger partial charge in [0.1, 0.15) is 18.1 Å². The van der Waals surface area contributed by atoms with Crippen molar-refractivity contribution in [3.8, 4) is 11.5 Å². The number of para-hydroxylation sites is 1. The van der Waals surface area contributed by atoms with Gasteiger partial charge in [-0.05, 0) is 46.2 Å². The summed E-state index contributed by atoms with van der Waals surface area (Å²) >= 11 is 0. The average Bonchev–Trinajstić information content (AvgIpc) is 2.84. The van der Waals surface area contributed by atoms with Crippen LogP contribution in [0, 0.1) is 0 Å². The number of hydrazone groups is 1. The number of methoxy groups -OCH3 is 1. The van der Waals surface area contributed by atoms with Gasteiger partial charge in [-0.2, -0.15) is 5.10 Å². The zero-order valence-corrected chi connectivity index (χ0v) is 17.8. The number of carbonyl (C=O) groups is 1. The molecule has 4 aromatic carbocycles. The highest BCUT2D eigenvalue weighted by Gasteiger charge is 2.06. The van der Waals surface area contributed by atoms with Crippen LogP contribution in [-0.4, -0.2) is 19.2 Å². The first-order valence-corrected chi connectivity index (χ1v) is 10.4. The van der Waals surface area contributed by atoms with E-state index in [4.69, 9.17) is 9.47 Å².